The number of alkyl halides is 1. The lowest BCUT2D eigenvalue weighted by atomic mass is 10.0. The predicted molar refractivity (Wildman–Crippen MR) is 74.6 cm³/mol. The lowest BCUT2D eigenvalue weighted by Crippen LogP contribution is -2.19. The van der Waals surface area contributed by atoms with Crippen LogP contribution in [-0.4, -0.2) is 6.10 Å². The molecule has 1 heterocycles. The van der Waals surface area contributed by atoms with Crippen molar-refractivity contribution in [1.82, 2.24) is 0 Å². The number of ether oxygens (including phenoxy) is 1. The first-order valence-corrected chi connectivity index (χ1v) is 6.69. The van der Waals surface area contributed by atoms with Gasteiger partial charge in [0.1, 0.15) is 11.9 Å². The molecule has 0 bridgehead atoms. The fourth-order valence-electron chi connectivity index (χ4n) is 2.23. The van der Waals surface area contributed by atoms with Crippen molar-refractivity contribution in [2.75, 3.05) is 0 Å². The maximum atomic E-state index is 6.49. The van der Waals surface area contributed by atoms with Crippen molar-refractivity contribution in [1.29, 1.82) is 0 Å². The smallest absolute Gasteiger partial charge is 0.123 e. The van der Waals surface area contributed by atoms with Crippen LogP contribution in [0.5, 0.6) is 5.75 Å². The molecule has 3 heteroatoms. The Balaban J connectivity index is 1.80. The van der Waals surface area contributed by atoms with E-state index >= 15 is 0 Å². The quantitative estimate of drug-likeness (QED) is 0.729. The highest BCUT2D eigenvalue weighted by Gasteiger charge is 2.29. The molecule has 1 aliphatic heterocycles. The first kappa shape index (κ1) is 11.9. The van der Waals surface area contributed by atoms with Crippen molar-refractivity contribution >= 4 is 23.2 Å². The van der Waals surface area contributed by atoms with Gasteiger partial charge in [0.15, 0.2) is 0 Å². The van der Waals surface area contributed by atoms with E-state index < -0.39 is 0 Å². The molecule has 2 aromatic carbocycles. The molecule has 2 aromatic rings. The summed E-state index contributed by atoms with van der Waals surface area (Å²) in [6.07, 6.45) is 0.845. The Hall–Kier alpha value is -1.18. The zero-order valence-electron chi connectivity index (χ0n) is 9.64. The molecule has 0 saturated carbocycles. The summed E-state index contributed by atoms with van der Waals surface area (Å²) in [5, 5.41) is 0.563. The highest BCUT2D eigenvalue weighted by atomic mass is 35.5. The van der Waals surface area contributed by atoms with E-state index in [4.69, 9.17) is 27.9 Å². The van der Waals surface area contributed by atoms with E-state index in [0.717, 1.165) is 22.8 Å². The van der Waals surface area contributed by atoms with Crippen LogP contribution in [0.15, 0.2) is 48.5 Å². The monoisotopic (exact) mass is 278 g/mol. The fourth-order valence-corrected chi connectivity index (χ4v) is 2.65. The lowest BCUT2D eigenvalue weighted by Gasteiger charge is -2.17. The lowest BCUT2D eigenvalue weighted by molar-refractivity contribution is 0.227. The van der Waals surface area contributed by atoms with Gasteiger partial charge in [-0.05, 0) is 29.3 Å². The number of halogens is 2. The van der Waals surface area contributed by atoms with E-state index in [9.17, 15) is 0 Å². The van der Waals surface area contributed by atoms with Gasteiger partial charge in [-0.1, -0.05) is 41.9 Å². The summed E-state index contributed by atoms with van der Waals surface area (Å²) >= 11 is 12.4. The highest BCUT2D eigenvalue weighted by Crippen LogP contribution is 2.37. The van der Waals surface area contributed by atoms with E-state index in [0.29, 0.717) is 0 Å². The Kier molecular flexibility index (Phi) is 3.19. The zero-order chi connectivity index (χ0) is 12.5. The van der Waals surface area contributed by atoms with Crippen LogP contribution in [0.4, 0.5) is 0 Å². The number of benzene rings is 2. The molecule has 18 heavy (non-hydrogen) atoms. The van der Waals surface area contributed by atoms with Crippen LogP contribution < -0.4 is 4.74 Å². The van der Waals surface area contributed by atoms with Gasteiger partial charge in [-0.15, -0.1) is 11.6 Å². The van der Waals surface area contributed by atoms with Crippen LogP contribution in [0.1, 0.15) is 16.5 Å². The third-order valence-corrected chi connectivity index (χ3v) is 3.97. The number of para-hydroxylation sites is 1. The molecule has 1 aliphatic rings. The normalized spacial score (nSPS) is 19.1. The standard InChI is InChI=1S/C15H12Cl2O/c16-12-7-5-10(6-8-12)15(17)14-9-11-3-1-2-4-13(11)18-14/h1-8,14-15H,9H2. The molecule has 3 rings (SSSR count). The number of hydrogen-bond acceptors (Lipinski definition) is 1. The summed E-state index contributed by atoms with van der Waals surface area (Å²) in [5.74, 6) is 0.946. The number of rotatable bonds is 2. The summed E-state index contributed by atoms with van der Waals surface area (Å²) in [6, 6.07) is 15.7. The van der Waals surface area contributed by atoms with Gasteiger partial charge in [-0.25, -0.2) is 0 Å². The van der Waals surface area contributed by atoms with Gasteiger partial charge in [0.25, 0.3) is 0 Å². The van der Waals surface area contributed by atoms with Crippen molar-refractivity contribution < 1.29 is 4.74 Å². The van der Waals surface area contributed by atoms with Crippen molar-refractivity contribution in [3.05, 3.63) is 64.7 Å². The van der Waals surface area contributed by atoms with E-state index in [1.165, 1.54) is 5.56 Å². The summed E-state index contributed by atoms with van der Waals surface area (Å²) in [6.45, 7) is 0. The molecule has 2 unspecified atom stereocenters. The Morgan fingerprint density at radius 2 is 1.78 bits per heavy atom. The fraction of sp³-hybridized carbons (Fsp3) is 0.200. The third-order valence-electron chi connectivity index (χ3n) is 3.19. The van der Waals surface area contributed by atoms with Gasteiger partial charge < -0.3 is 4.74 Å². The molecule has 0 aromatic heterocycles. The predicted octanol–water partition coefficient (Wildman–Crippen LogP) is 4.62. The molecule has 2 atom stereocenters. The minimum Gasteiger partial charge on any atom is -0.488 e. The van der Waals surface area contributed by atoms with Crippen molar-refractivity contribution in [3.63, 3.8) is 0 Å². The SMILES string of the molecule is Clc1ccc(C(Cl)C2Cc3ccccc3O2)cc1. The van der Waals surface area contributed by atoms with E-state index in [-0.39, 0.29) is 11.5 Å². The first-order valence-electron chi connectivity index (χ1n) is 5.88. The molecule has 0 spiro atoms. The van der Waals surface area contributed by atoms with Crippen molar-refractivity contribution in [2.45, 2.75) is 17.9 Å². The topological polar surface area (TPSA) is 9.23 Å². The van der Waals surface area contributed by atoms with E-state index in [1.54, 1.807) is 0 Å². The summed E-state index contributed by atoms with van der Waals surface area (Å²) in [5.41, 5.74) is 2.26. The Morgan fingerprint density at radius 1 is 1.06 bits per heavy atom. The van der Waals surface area contributed by atoms with Gasteiger partial charge in [0.2, 0.25) is 0 Å². The summed E-state index contributed by atoms with van der Waals surface area (Å²) < 4.78 is 5.89. The molecule has 92 valence electrons. The molecule has 0 aliphatic carbocycles. The molecular weight excluding hydrogens is 267 g/mol. The minimum atomic E-state index is -0.158. The molecule has 0 fully saturated rings. The summed E-state index contributed by atoms with van der Waals surface area (Å²) in [7, 11) is 0. The average Bonchev–Trinajstić information content (AvgIpc) is 2.82. The molecular formula is C15H12Cl2O. The highest BCUT2D eigenvalue weighted by molar-refractivity contribution is 6.30. The van der Waals surface area contributed by atoms with Crippen LogP contribution >= 0.6 is 23.2 Å². The van der Waals surface area contributed by atoms with Gasteiger partial charge in [0, 0.05) is 11.4 Å². The minimum absolute atomic E-state index is 0.00904. The Morgan fingerprint density at radius 3 is 2.50 bits per heavy atom. The number of fused-ring (bicyclic) bond motifs is 1. The van der Waals surface area contributed by atoms with Crippen LogP contribution in [0.3, 0.4) is 0 Å². The average molecular weight is 279 g/mol. The molecule has 0 amide bonds. The van der Waals surface area contributed by atoms with Gasteiger partial charge in [-0.3, -0.25) is 0 Å². The second kappa shape index (κ2) is 4.83. The zero-order valence-corrected chi connectivity index (χ0v) is 11.2. The van der Waals surface area contributed by atoms with Crippen LogP contribution in [0, 0.1) is 0 Å². The number of hydrogen-bond donors (Lipinski definition) is 0. The van der Waals surface area contributed by atoms with Crippen molar-refractivity contribution in [3.8, 4) is 5.75 Å². The van der Waals surface area contributed by atoms with Crippen molar-refractivity contribution in [2.24, 2.45) is 0 Å². The van der Waals surface area contributed by atoms with Gasteiger partial charge in [-0.2, -0.15) is 0 Å². The summed E-state index contributed by atoms with van der Waals surface area (Å²) in [4.78, 5) is 0. The van der Waals surface area contributed by atoms with Crippen LogP contribution in [0.2, 0.25) is 5.02 Å². The molecule has 1 nitrogen and oxygen atoms in total. The molecule has 0 saturated heterocycles. The molecule has 0 radical (unpaired) electrons. The Labute approximate surface area is 116 Å². The second-order valence-corrected chi connectivity index (χ2v) is 5.33. The van der Waals surface area contributed by atoms with Gasteiger partial charge in [0.05, 0.1) is 5.38 Å². The second-order valence-electron chi connectivity index (χ2n) is 4.42. The largest absolute Gasteiger partial charge is 0.488 e. The molecule has 0 N–H and O–H groups in total. The van der Waals surface area contributed by atoms with E-state index in [1.807, 2.05) is 42.5 Å². The third kappa shape index (κ3) is 2.21. The van der Waals surface area contributed by atoms with E-state index in [2.05, 4.69) is 6.07 Å². The maximum absolute atomic E-state index is 6.49. The van der Waals surface area contributed by atoms with Crippen LogP contribution in [-0.2, 0) is 6.42 Å². The van der Waals surface area contributed by atoms with Gasteiger partial charge >= 0.3 is 0 Å². The maximum Gasteiger partial charge on any atom is 0.123 e. The Bertz CT molecular complexity index is 526. The first-order chi connectivity index (χ1) is 8.74. The van der Waals surface area contributed by atoms with Crippen LogP contribution in [0.25, 0.3) is 0 Å².